The zero-order valence-corrected chi connectivity index (χ0v) is 12.9. The first-order valence-corrected chi connectivity index (χ1v) is 8.49. The maximum Gasteiger partial charge on any atom is 0.304 e. The molecule has 0 saturated heterocycles. The fourth-order valence-electron chi connectivity index (χ4n) is 1.85. The van der Waals surface area contributed by atoms with Crippen molar-refractivity contribution in [1.82, 2.24) is 0 Å². The molecule has 0 spiro atoms. The van der Waals surface area contributed by atoms with Crippen LogP contribution in [0.2, 0.25) is 0 Å². The zero-order valence-electron chi connectivity index (χ0n) is 12.1. The first kappa shape index (κ1) is 18.1. The number of hydrogen-bond acceptors (Lipinski definition) is 3. The van der Waals surface area contributed by atoms with Crippen LogP contribution in [0.1, 0.15) is 78.1 Å². The van der Waals surface area contributed by atoms with Crippen molar-refractivity contribution in [1.29, 1.82) is 0 Å². The second-order valence-electron chi connectivity index (χ2n) is 4.61. The van der Waals surface area contributed by atoms with Crippen molar-refractivity contribution < 1.29 is 12.6 Å². The molecule has 0 aliphatic rings. The van der Waals surface area contributed by atoms with Gasteiger partial charge < -0.3 is 0 Å². The average molecular weight is 278 g/mol. The van der Waals surface area contributed by atoms with E-state index in [4.69, 9.17) is 8.37 Å². The van der Waals surface area contributed by atoms with Gasteiger partial charge in [0.05, 0.1) is 13.2 Å². The minimum atomic E-state index is -1.53. The molecule has 1 atom stereocenters. The first-order chi connectivity index (χ1) is 8.81. The molecule has 4 heteroatoms. The van der Waals surface area contributed by atoms with Crippen LogP contribution in [0, 0.1) is 0 Å². The molecule has 0 saturated carbocycles. The van der Waals surface area contributed by atoms with Crippen molar-refractivity contribution in [3.63, 3.8) is 0 Å². The standard InChI is InChI=1S/C14H30O3S/c1-3-5-6-7-8-9-10-11-12-13-14-17-18(15)16-4-2/h3-14H2,1-2H3. The summed E-state index contributed by atoms with van der Waals surface area (Å²) in [4.78, 5) is 0. The highest BCUT2D eigenvalue weighted by molar-refractivity contribution is 7.75. The molecule has 0 N–H and O–H groups in total. The molecule has 0 aromatic rings. The molecule has 1 unspecified atom stereocenters. The van der Waals surface area contributed by atoms with E-state index < -0.39 is 11.4 Å². The summed E-state index contributed by atoms with van der Waals surface area (Å²) in [6.07, 6.45) is 13.0. The van der Waals surface area contributed by atoms with Gasteiger partial charge in [-0.15, -0.1) is 0 Å². The lowest BCUT2D eigenvalue weighted by molar-refractivity contribution is 0.253. The molecule has 110 valence electrons. The number of hydrogen-bond donors (Lipinski definition) is 0. The van der Waals surface area contributed by atoms with E-state index in [-0.39, 0.29) is 0 Å². The summed E-state index contributed by atoms with van der Waals surface area (Å²) in [6.45, 7) is 5.04. The topological polar surface area (TPSA) is 35.5 Å². The molecule has 0 fully saturated rings. The Labute approximate surface area is 116 Å². The Hall–Kier alpha value is 0.0700. The molecular weight excluding hydrogens is 248 g/mol. The van der Waals surface area contributed by atoms with Gasteiger partial charge >= 0.3 is 11.4 Å². The molecule has 0 aromatic carbocycles. The minimum Gasteiger partial charge on any atom is -0.269 e. The van der Waals surface area contributed by atoms with E-state index in [0.29, 0.717) is 13.2 Å². The first-order valence-electron chi connectivity index (χ1n) is 7.49. The van der Waals surface area contributed by atoms with Crippen molar-refractivity contribution in [3.05, 3.63) is 0 Å². The predicted octanol–water partition coefficient (Wildman–Crippen LogP) is 4.54. The van der Waals surface area contributed by atoms with Gasteiger partial charge in [-0.25, -0.2) is 0 Å². The molecule has 18 heavy (non-hydrogen) atoms. The Morgan fingerprint density at radius 3 is 1.72 bits per heavy atom. The van der Waals surface area contributed by atoms with Gasteiger partial charge in [0, 0.05) is 0 Å². The fraction of sp³-hybridized carbons (Fsp3) is 1.00. The van der Waals surface area contributed by atoms with Gasteiger partial charge in [-0.05, 0) is 13.3 Å². The molecular formula is C14H30O3S. The van der Waals surface area contributed by atoms with E-state index in [1.807, 2.05) is 6.92 Å². The highest BCUT2D eigenvalue weighted by Crippen LogP contribution is 2.10. The second kappa shape index (κ2) is 15.1. The van der Waals surface area contributed by atoms with Crippen LogP contribution in [-0.4, -0.2) is 17.4 Å². The lowest BCUT2D eigenvalue weighted by Gasteiger charge is -2.03. The van der Waals surface area contributed by atoms with E-state index in [1.54, 1.807) is 0 Å². The van der Waals surface area contributed by atoms with Crippen LogP contribution in [0.4, 0.5) is 0 Å². The summed E-state index contributed by atoms with van der Waals surface area (Å²) < 4.78 is 20.8. The Bertz CT molecular complexity index is 186. The number of unbranched alkanes of at least 4 members (excludes halogenated alkanes) is 9. The lowest BCUT2D eigenvalue weighted by atomic mass is 10.1. The average Bonchev–Trinajstić information content (AvgIpc) is 2.36. The van der Waals surface area contributed by atoms with Gasteiger partial charge in [0.1, 0.15) is 0 Å². The van der Waals surface area contributed by atoms with Crippen molar-refractivity contribution in [2.75, 3.05) is 13.2 Å². The molecule has 0 amide bonds. The van der Waals surface area contributed by atoms with Crippen LogP contribution in [-0.2, 0) is 19.7 Å². The summed E-state index contributed by atoms with van der Waals surface area (Å²) in [6, 6.07) is 0. The third kappa shape index (κ3) is 14.1. The SMILES string of the molecule is CCCCCCCCCCCCOS(=O)OCC. The Morgan fingerprint density at radius 2 is 1.22 bits per heavy atom. The van der Waals surface area contributed by atoms with Gasteiger partial charge in [-0.1, -0.05) is 64.7 Å². The molecule has 0 rings (SSSR count). The van der Waals surface area contributed by atoms with Crippen LogP contribution in [0.5, 0.6) is 0 Å². The Morgan fingerprint density at radius 1 is 0.722 bits per heavy atom. The summed E-state index contributed by atoms with van der Waals surface area (Å²) in [7, 11) is 0. The maximum absolute atomic E-state index is 11.0. The third-order valence-corrected chi connectivity index (χ3v) is 3.68. The molecule has 0 heterocycles. The molecule has 0 aliphatic carbocycles. The van der Waals surface area contributed by atoms with Crippen LogP contribution in [0.3, 0.4) is 0 Å². The quantitative estimate of drug-likeness (QED) is 0.438. The Balaban J connectivity index is 3.01. The van der Waals surface area contributed by atoms with E-state index in [0.717, 1.165) is 12.8 Å². The summed E-state index contributed by atoms with van der Waals surface area (Å²) in [5, 5.41) is 0. The van der Waals surface area contributed by atoms with E-state index in [1.165, 1.54) is 51.4 Å². The monoisotopic (exact) mass is 278 g/mol. The number of rotatable bonds is 14. The van der Waals surface area contributed by atoms with Gasteiger partial charge in [0.15, 0.2) is 0 Å². The largest absolute Gasteiger partial charge is 0.304 e. The van der Waals surface area contributed by atoms with Gasteiger partial charge in [-0.2, -0.15) is 4.21 Å². The highest BCUT2D eigenvalue weighted by Gasteiger charge is 1.98. The van der Waals surface area contributed by atoms with Crippen molar-refractivity contribution in [2.45, 2.75) is 78.1 Å². The van der Waals surface area contributed by atoms with E-state index in [2.05, 4.69) is 6.92 Å². The molecule has 0 bridgehead atoms. The van der Waals surface area contributed by atoms with E-state index >= 15 is 0 Å². The minimum absolute atomic E-state index is 0.435. The molecule has 0 radical (unpaired) electrons. The normalized spacial score (nSPS) is 12.8. The Kier molecular flexibility index (Phi) is 15.2. The lowest BCUT2D eigenvalue weighted by Crippen LogP contribution is -2.03. The molecule has 0 aromatic heterocycles. The van der Waals surface area contributed by atoms with Gasteiger partial charge in [0.2, 0.25) is 0 Å². The molecule has 0 aliphatic heterocycles. The van der Waals surface area contributed by atoms with Crippen LogP contribution in [0.15, 0.2) is 0 Å². The summed E-state index contributed by atoms with van der Waals surface area (Å²) in [5.41, 5.74) is 0. The smallest absolute Gasteiger partial charge is 0.269 e. The van der Waals surface area contributed by atoms with Crippen molar-refractivity contribution >= 4 is 11.4 Å². The van der Waals surface area contributed by atoms with Gasteiger partial charge in [-0.3, -0.25) is 8.37 Å². The maximum atomic E-state index is 11.0. The van der Waals surface area contributed by atoms with Crippen LogP contribution in [0.25, 0.3) is 0 Å². The predicted molar refractivity (Wildman–Crippen MR) is 77.6 cm³/mol. The highest BCUT2D eigenvalue weighted by atomic mass is 32.2. The van der Waals surface area contributed by atoms with Crippen molar-refractivity contribution in [3.8, 4) is 0 Å². The summed E-state index contributed by atoms with van der Waals surface area (Å²) in [5.74, 6) is 0. The van der Waals surface area contributed by atoms with Crippen molar-refractivity contribution in [2.24, 2.45) is 0 Å². The second-order valence-corrected chi connectivity index (χ2v) is 5.49. The molecule has 3 nitrogen and oxygen atoms in total. The van der Waals surface area contributed by atoms with Crippen LogP contribution < -0.4 is 0 Å². The summed E-state index contributed by atoms with van der Waals surface area (Å²) >= 11 is -1.53. The fourth-order valence-corrected chi connectivity index (χ4v) is 2.36. The van der Waals surface area contributed by atoms with Gasteiger partial charge in [0.25, 0.3) is 0 Å². The van der Waals surface area contributed by atoms with Crippen LogP contribution >= 0.6 is 0 Å². The third-order valence-electron chi connectivity index (χ3n) is 2.89. The zero-order chi connectivity index (χ0) is 13.5. The van der Waals surface area contributed by atoms with E-state index in [9.17, 15) is 4.21 Å².